The molecule has 0 aromatic heterocycles. The molecule has 1 aromatic carbocycles. The first-order chi connectivity index (χ1) is 6.61. The fourth-order valence-corrected chi connectivity index (χ4v) is 1.33. The van der Waals surface area contributed by atoms with Crippen LogP contribution in [-0.4, -0.2) is 34.5 Å². The summed E-state index contributed by atoms with van der Waals surface area (Å²) in [5, 5.41) is 18.7. The maximum atomic E-state index is 9.53. The van der Waals surface area contributed by atoms with Crippen molar-refractivity contribution in [3.05, 3.63) is 35.9 Å². The van der Waals surface area contributed by atoms with Crippen LogP contribution in [0.5, 0.6) is 0 Å². The van der Waals surface area contributed by atoms with E-state index in [1.165, 1.54) is 0 Å². The molecular formula is C11H17NO2. The summed E-state index contributed by atoms with van der Waals surface area (Å²) in [5.41, 5.74) is 1.12. The van der Waals surface area contributed by atoms with Crippen molar-refractivity contribution in [3.8, 4) is 0 Å². The van der Waals surface area contributed by atoms with Crippen LogP contribution in [0.15, 0.2) is 30.3 Å². The van der Waals surface area contributed by atoms with Gasteiger partial charge in [0.2, 0.25) is 0 Å². The number of aliphatic hydroxyl groups is 2. The Labute approximate surface area is 84.6 Å². The van der Waals surface area contributed by atoms with E-state index in [1.54, 1.807) is 18.9 Å². The highest BCUT2D eigenvalue weighted by Crippen LogP contribution is 2.06. The summed E-state index contributed by atoms with van der Waals surface area (Å²) in [6, 6.07) is 9.85. The lowest BCUT2D eigenvalue weighted by molar-refractivity contribution is -0.0677. The van der Waals surface area contributed by atoms with Gasteiger partial charge in [-0.05, 0) is 19.5 Å². The van der Waals surface area contributed by atoms with Gasteiger partial charge in [0.25, 0.3) is 0 Å². The molecule has 0 heterocycles. The van der Waals surface area contributed by atoms with Crippen molar-refractivity contribution in [2.75, 3.05) is 7.05 Å². The molecule has 0 aliphatic carbocycles. The molecule has 2 N–H and O–H groups in total. The third-order valence-electron chi connectivity index (χ3n) is 2.16. The molecule has 0 saturated carbocycles. The van der Waals surface area contributed by atoms with Gasteiger partial charge in [0.05, 0.1) is 6.10 Å². The minimum Gasteiger partial charge on any atom is -0.389 e. The Balaban J connectivity index is 2.53. The summed E-state index contributed by atoms with van der Waals surface area (Å²) in [7, 11) is 1.78. The first-order valence-electron chi connectivity index (χ1n) is 4.71. The Hall–Kier alpha value is -0.900. The third-order valence-corrected chi connectivity index (χ3v) is 2.16. The average molecular weight is 195 g/mol. The number of nitrogens with zero attached hydrogens (tertiary/aromatic N) is 1. The maximum absolute atomic E-state index is 9.53. The second kappa shape index (κ2) is 5.10. The Bertz CT molecular complexity index is 261. The highest BCUT2D eigenvalue weighted by molar-refractivity contribution is 5.14. The van der Waals surface area contributed by atoms with Gasteiger partial charge in [-0.25, -0.2) is 0 Å². The highest BCUT2D eigenvalue weighted by Gasteiger charge is 2.16. The van der Waals surface area contributed by atoms with Gasteiger partial charge in [-0.1, -0.05) is 30.3 Å². The van der Waals surface area contributed by atoms with Crippen LogP contribution >= 0.6 is 0 Å². The smallest absolute Gasteiger partial charge is 0.133 e. The molecule has 1 unspecified atom stereocenters. The molecule has 0 aliphatic heterocycles. The van der Waals surface area contributed by atoms with Crippen LogP contribution in [-0.2, 0) is 6.54 Å². The summed E-state index contributed by atoms with van der Waals surface area (Å²) in [5.74, 6) is 0. The molecule has 0 bridgehead atoms. The van der Waals surface area contributed by atoms with Gasteiger partial charge < -0.3 is 10.2 Å². The number of aliphatic hydroxyl groups excluding tert-OH is 2. The lowest BCUT2D eigenvalue weighted by Crippen LogP contribution is -2.39. The van der Waals surface area contributed by atoms with E-state index < -0.39 is 12.3 Å². The number of hydrogen-bond acceptors (Lipinski definition) is 3. The minimum atomic E-state index is -0.810. The Morgan fingerprint density at radius 3 is 2.29 bits per heavy atom. The molecule has 78 valence electrons. The molecule has 2 atom stereocenters. The number of benzene rings is 1. The minimum absolute atomic E-state index is 0.632. The largest absolute Gasteiger partial charge is 0.389 e. The Kier molecular flexibility index (Phi) is 4.07. The average Bonchev–Trinajstić information content (AvgIpc) is 2.18. The zero-order chi connectivity index (χ0) is 10.6. The SMILES string of the molecule is C[C@@H](O)C(O)N(C)Cc1ccccc1. The van der Waals surface area contributed by atoms with Crippen LogP contribution in [0.4, 0.5) is 0 Å². The van der Waals surface area contributed by atoms with Gasteiger partial charge in [0.1, 0.15) is 6.23 Å². The number of hydrogen-bond donors (Lipinski definition) is 2. The van der Waals surface area contributed by atoms with E-state index in [9.17, 15) is 10.2 Å². The number of rotatable bonds is 4. The third kappa shape index (κ3) is 3.10. The molecule has 3 nitrogen and oxygen atoms in total. The summed E-state index contributed by atoms with van der Waals surface area (Å²) < 4.78 is 0. The monoisotopic (exact) mass is 195 g/mol. The molecule has 0 spiro atoms. The molecule has 0 amide bonds. The molecule has 0 radical (unpaired) electrons. The Morgan fingerprint density at radius 1 is 1.21 bits per heavy atom. The molecule has 0 aliphatic rings. The van der Waals surface area contributed by atoms with Crippen molar-refractivity contribution in [2.45, 2.75) is 25.8 Å². The summed E-state index contributed by atoms with van der Waals surface area (Å²) in [6.07, 6.45) is -1.54. The van der Waals surface area contributed by atoms with E-state index in [1.807, 2.05) is 30.3 Å². The van der Waals surface area contributed by atoms with Crippen LogP contribution in [0.3, 0.4) is 0 Å². The zero-order valence-electron chi connectivity index (χ0n) is 8.59. The highest BCUT2D eigenvalue weighted by atomic mass is 16.3. The van der Waals surface area contributed by atoms with E-state index >= 15 is 0 Å². The predicted octanol–water partition coefficient (Wildman–Crippen LogP) is 0.818. The lowest BCUT2D eigenvalue weighted by Gasteiger charge is -2.25. The molecule has 1 aromatic rings. The van der Waals surface area contributed by atoms with Gasteiger partial charge >= 0.3 is 0 Å². The van der Waals surface area contributed by atoms with E-state index in [2.05, 4.69) is 0 Å². The van der Waals surface area contributed by atoms with Gasteiger partial charge in [0, 0.05) is 6.54 Å². The topological polar surface area (TPSA) is 43.7 Å². The van der Waals surface area contributed by atoms with Crippen molar-refractivity contribution in [1.29, 1.82) is 0 Å². The predicted molar refractivity (Wildman–Crippen MR) is 55.6 cm³/mol. The first kappa shape index (κ1) is 11.2. The van der Waals surface area contributed by atoms with E-state index in [-0.39, 0.29) is 0 Å². The van der Waals surface area contributed by atoms with Crippen molar-refractivity contribution in [3.63, 3.8) is 0 Å². The first-order valence-corrected chi connectivity index (χ1v) is 4.71. The van der Waals surface area contributed by atoms with Crippen molar-refractivity contribution in [1.82, 2.24) is 4.90 Å². The summed E-state index contributed by atoms with van der Waals surface area (Å²) in [6.45, 7) is 2.21. The van der Waals surface area contributed by atoms with Crippen LogP contribution < -0.4 is 0 Å². The van der Waals surface area contributed by atoms with Gasteiger partial charge in [-0.2, -0.15) is 0 Å². The van der Waals surface area contributed by atoms with Crippen LogP contribution in [0.2, 0.25) is 0 Å². The van der Waals surface area contributed by atoms with E-state index in [4.69, 9.17) is 0 Å². The van der Waals surface area contributed by atoms with Gasteiger partial charge in [-0.15, -0.1) is 0 Å². The zero-order valence-corrected chi connectivity index (χ0v) is 8.59. The molecule has 14 heavy (non-hydrogen) atoms. The van der Waals surface area contributed by atoms with Crippen LogP contribution in [0.25, 0.3) is 0 Å². The van der Waals surface area contributed by atoms with Crippen LogP contribution in [0.1, 0.15) is 12.5 Å². The molecule has 3 heteroatoms. The molecular weight excluding hydrogens is 178 g/mol. The quantitative estimate of drug-likeness (QED) is 0.699. The molecule has 0 fully saturated rings. The lowest BCUT2D eigenvalue weighted by atomic mass is 10.2. The van der Waals surface area contributed by atoms with Gasteiger partial charge in [-0.3, -0.25) is 4.90 Å². The fraction of sp³-hybridized carbons (Fsp3) is 0.455. The Morgan fingerprint density at radius 2 is 1.79 bits per heavy atom. The number of likely N-dealkylation sites (N-methyl/N-ethyl adjacent to an activating group) is 1. The van der Waals surface area contributed by atoms with E-state index in [0.29, 0.717) is 6.54 Å². The summed E-state index contributed by atoms with van der Waals surface area (Å²) >= 11 is 0. The van der Waals surface area contributed by atoms with Crippen molar-refractivity contribution >= 4 is 0 Å². The molecule has 0 saturated heterocycles. The normalized spacial score (nSPS) is 15.5. The molecule has 1 rings (SSSR count). The maximum Gasteiger partial charge on any atom is 0.133 e. The van der Waals surface area contributed by atoms with Crippen molar-refractivity contribution < 1.29 is 10.2 Å². The van der Waals surface area contributed by atoms with Crippen molar-refractivity contribution in [2.24, 2.45) is 0 Å². The standard InChI is InChI=1S/C11H17NO2/c1-9(13)11(14)12(2)8-10-6-4-3-5-7-10/h3-7,9,11,13-14H,8H2,1-2H3/t9-,11?/m1/s1. The fourth-order valence-electron chi connectivity index (χ4n) is 1.33. The second-order valence-corrected chi connectivity index (χ2v) is 3.55. The second-order valence-electron chi connectivity index (χ2n) is 3.55. The van der Waals surface area contributed by atoms with Gasteiger partial charge in [0.15, 0.2) is 0 Å². The summed E-state index contributed by atoms with van der Waals surface area (Å²) in [4.78, 5) is 1.71. The van der Waals surface area contributed by atoms with E-state index in [0.717, 1.165) is 5.56 Å². The van der Waals surface area contributed by atoms with Crippen LogP contribution in [0, 0.1) is 0 Å².